The Hall–Kier alpha value is -3.38. The number of aromatic nitrogens is 1. The molecule has 0 fully saturated rings. The molecular weight excluding hydrogens is 440 g/mol. The van der Waals surface area contributed by atoms with Crippen LogP contribution in [-0.4, -0.2) is 33.2 Å². The third-order valence-electron chi connectivity index (χ3n) is 6.78. The van der Waals surface area contributed by atoms with Gasteiger partial charge in [-0.2, -0.15) is 0 Å². The number of hydrogen-bond acceptors (Lipinski definition) is 4. The largest absolute Gasteiger partial charge is 0.479 e. The first kappa shape index (κ1) is 24.7. The average molecular weight is 475 g/mol. The van der Waals surface area contributed by atoms with Crippen LogP contribution in [0.25, 0.3) is 21.9 Å². The lowest BCUT2D eigenvalue weighted by Gasteiger charge is -2.29. The Morgan fingerprint density at radius 2 is 1.77 bits per heavy atom. The van der Waals surface area contributed by atoms with Crippen LogP contribution in [0.4, 0.5) is 0 Å². The van der Waals surface area contributed by atoms with E-state index in [1.54, 1.807) is 7.05 Å². The summed E-state index contributed by atoms with van der Waals surface area (Å²) in [7, 11) is 3.67. The summed E-state index contributed by atoms with van der Waals surface area (Å²) >= 11 is 0. The molecule has 6 nitrogen and oxygen atoms in total. The molecule has 1 aliphatic heterocycles. The van der Waals surface area contributed by atoms with Crippen LogP contribution in [-0.2, 0) is 16.6 Å². The zero-order valence-corrected chi connectivity index (χ0v) is 21.5. The second-order valence-electron chi connectivity index (χ2n) is 10.5. The molecule has 1 N–H and O–H groups in total. The SMILES string of the molecule is Cc1ccc(-c2c(C(OC(C)(C)C)C(=O)O)n(C)c(=O)c3cc(C4CC=CN4C)ccc23)cc1C. The molecular formula is C29H34N2O4. The molecule has 0 aliphatic carbocycles. The summed E-state index contributed by atoms with van der Waals surface area (Å²) in [4.78, 5) is 28.3. The molecule has 0 saturated carbocycles. The van der Waals surface area contributed by atoms with E-state index in [-0.39, 0.29) is 11.6 Å². The zero-order chi connectivity index (χ0) is 25.7. The number of carboxylic acid groups (broad SMARTS) is 1. The molecule has 0 radical (unpaired) electrons. The van der Waals surface area contributed by atoms with Gasteiger partial charge in [0, 0.05) is 25.0 Å². The average Bonchev–Trinajstić information content (AvgIpc) is 3.21. The summed E-state index contributed by atoms with van der Waals surface area (Å²) in [6.07, 6.45) is 3.75. The normalized spacial score (nSPS) is 16.8. The van der Waals surface area contributed by atoms with E-state index in [9.17, 15) is 14.7 Å². The minimum atomic E-state index is -1.31. The Morgan fingerprint density at radius 3 is 2.34 bits per heavy atom. The van der Waals surface area contributed by atoms with E-state index in [1.807, 2.05) is 72.0 Å². The van der Waals surface area contributed by atoms with E-state index in [4.69, 9.17) is 4.74 Å². The number of rotatable bonds is 5. The van der Waals surface area contributed by atoms with E-state index < -0.39 is 17.7 Å². The molecule has 2 aromatic carbocycles. The molecule has 2 unspecified atom stereocenters. The highest BCUT2D eigenvalue weighted by Crippen LogP contribution is 2.39. The standard InChI is InChI=1S/C29H34N2O4/c1-17-10-11-20(15-18(17)2)24-21-13-12-19(23-9-8-14-30(23)6)16-22(21)27(32)31(7)25(24)26(28(33)34)35-29(3,4)5/h8,10-16,23,26H,9H2,1-7H3,(H,33,34). The van der Waals surface area contributed by atoms with Crippen LogP contribution in [0, 0.1) is 13.8 Å². The van der Waals surface area contributed by atoms with Crippen LogP contribution in [0.5, 0.6) is 0 Å². The summed E-state index contributed by atoms with van der Waals surface area (Å²) in [5, 5.41) is 11.5. The van der Waals surface area contributed by atoms with E-state index in [0.29, 0.717) is 16.6 Å². The van der Waals surface area contributed by atoms with Crippen molar-refractivity contribution in [1.29, 1.82) is 0 Å². The molecule has 1 aliphatic rings. The highest BCUT2D eigenvalue weighted by atomic mass is 16.5. The maximum Gasteiger partial charge on any atom is 0.339 e. The number of nitrogens with zero attached hydrogens (tertiary/aromatic N) is 2. The van der Waals surface area contributed by atoms with Crippen LogP contribution in [0.15, 0.2) is 53.5 Å². The number of benzene rings is 2. The first-order valence-electron chi connectivity index (χ1n) is 11.9. The molecule has 2 heterocycles. The molecule has 0 saturated heterocycles. The number of hydrogen-bond donors (Lipinski definition) is 1. The molecule has 184 valence electrons. The smallest absolute Gasteiger partial charge is 0.339 e. The predicted molar refractivity (Wildman–Crippen MR) is 140 cm³/mol. The highest BCUT2D eigenvalue weighted by Gasteiger charge is 2.33. The van der Waals surface area contributed by atoms with E-state index in [0.717, 1.165) is 34.1 Å². The molecule has 1 aromatic heterocycles. The zero-order valence-electron chi connectivity index (χ0n) is 21.5. The van der Waals surface area contributed by atoms with Crippen molar-refractivity contribution in [1.82, 2.24) is 9.47 Å². The van der Waals surface area contributed by atoms with Crippen molar-refractivity contribution in [3.05, 3.63) is 81.4 Å². The Bertz CT molecular complexity index is 1390. The molecule has 0 amide bonds. The second-order valence-corrected chi connectivity index (χ2v) is 10.5. The number of pyridine rings is 1. The van der Waals surface area contributed by atoms with Gasteiger partial charge in [-0.15, -0.1) is 0 Å². The third kappa shape index (κ3) is 4.63. The molecule has 6 heteroatoms. The van der Waals surface area contributed by atoms with Gasteiger partial charge in [-0.3, -0.25) is 4.79 Å². The van der Waals surface area contributed by atoms with Crippen molar-refractivity contribution in [3.63, 3.8) is 0 Å². The van der Waals surface area contributed by atoms with Gasteiger partial charge in [0.1, 0.15) is 0 Å². The predicted octanol–water partition coefficient (Wildman–Crippen LogP) is 5.65. The van der Waals surface area contributed by atoms with Crippen molar-refractivity contribution in [2.45, 2.75) is 58.8 Å². The van der Waals surface area contributed by atoms with Crippen molar-refractivity contribution >= 4 is 16.7 Å². The van der Waals surface area contributed by atoms with Crippen LogP contribution >= 0.6 is 0 Å². The minimum Gasteiger partial charge on any atom is -0.479 e. The summed E-state index contributed by atoms with van der Waals surface area (Å²) in [6, 6.07) is 12.2. The molecule has 35 heavy (non-hydrogen) atoms. The molecule has 4 rings (SSSR count). The lowest BCUT2D eigenvalue weighted by atomic mass is 9.91. The van der Waals surface area contributed by atoms with E-state index in [1.165, 1.54) is 4.57 Å². The number of aryl methyl sites for hydroxylation is 2. The van der Waals surface area contributed by atoms with Crippen LogP contribution in [0.2, 0.25) is 0 Å². The fourth-order valence-electron chi connectivity index (χ4n) is 4.84. The Labute approximate surface area is 206 Å². The van der Waals surface area contributed by atoms with Crippen LogP contribution < -0.4 is 5.56 Å². The van der Waals surface area contributed by atoms with Crippen molar-refractivity contribution in [2.24, 2.45) is 7.05 Å². The lowest BCUT2D eigenvalue weighted by molar-refractivity contribution is -0.161. The van der Waals surface area contributed by atoms with Gasteiger partial charge >= 0.3 is 5.97 Å². The monoisotopic (exact) mass is 474 g/mol. The van der Waals surface area contributed by atoms with Gasteiger partial charge in [-0.05, 0) is 80.9 Å². The van der Waals surface area contributed by atoms with Gasteiger partial charge in [-0.1, -0.05) is 36.4 Å². The van der Waals surface area contributed by atoms with E-state index in [2.05, 4.69) is 23.2 Å². The van der Waals surface area contributed by atoms with Gasteiger partial charge in [0.25, 0.3) is 5.56 Å². The molecule has 0 spiro atoms. The molecule has 2 atom stereocenters. The summed E-state index contributed by atoms with van der Waals surface area (Å²) in [5.41, 5.74) is 4.26. The molecule has 3 aromatic rings. The summed E-state index contributed by atoms with van der Waals surface area (Å²) in [6.45, 7) is 9.52. The van der Waals surface area contributed by atoms with Crippen LogP contribution in [0.3, 0.4) is 0 Å². The van der Waals surface area contributed by atoms with Gasteiger partial charge in [0.05, 0.1) is 17.3 Å². The quantitative estimate of drug-likeness (QED) is 0.517. The van der Waals surface area contributed by atoms with Crippen molar-refractivity contribution < 1.29 is 14.6 Å². The summed E-state index contributed by atoms with van der Waals surface area (Å²) < 4.78 is 7.49. The van der Waals surface area contributed by atoms with Crippen molar-refractivity contribution in [3.8, 4) is 11.1 Å². The maximum absolute atomic E-state index is 13.7. The fraction of sp³-hybridized carbons (Fsp3) is 0.379. The Kier molecular flexibility index (Phi) is 6.36. The molecule has 0 bridgehead atoms. The summed E-state index contributed by atoms with van der Waals surface area (Å²) in [5.74, 6) is -1.13. The number of ether oxygens (including phenoxy) is 1. The topological polar surface area (TPSA) is 71.8 Å². The lowest BCUT2D eigenvalue weighted by Crippen LogP contribution is -2.33. The highest BCUT2D eigenvalue weighted by molar-refractivity contribution is 5.99. The van der Waals surface area contributed by atoms with E-state index >= 15 is 0 Å². The van der Waals surface area contributed by atoms with Gasteiger partial charge in [0.2, 0.25) is 0 Å². The minimum absolute atomic E-state index is 0.171. The van der Waals surface area contributed by atoms with Gasteiger partial charge in [-0.25, -0.2) is 4.79 Å². The van der Waals surface area contributed by atoms with Gasteiger partial charge in [0.15, 0.2) is 6.10 Å². The fourth-order valence-corrected chi connectivity index (χ4v) is 4.84. The first-order valence-corrected chi connectivity index (χ1v) is 11.9. The Morgan fingerprint density at radius 1 is 1.06 bits per heavy atom. The second kappa shape index (κ2) is 9.00. The first-order chi connectivity index (χ1) is 16.4. The third-order valence-corrected chi connectivity index (χ3v) is 6.78. The number of carbonyl (C=O) groups is 1. The Balaban J connectivity index is 2.07. The van der Waals surface area contributed by atoms with Gasteiger partial charge < -0.3 is 19.3 Å². The van der Waals surface area contributed by atoms with Crippen LogP contribution in [0.1, 0.15) is 61.7 Å². The number of fused-ring (bicyclic) bond motifs is 1. The van der Waals surface area contributed by atoms with Crippen molar-refractivity contribution in [2.75, 3.05) is 7.05 Å². The number of aliphatic carboxylic acids is 1. The number of carboxylic acids is 1. The maximum atomic E-state index is 13.7.